The van der Waals surface area contributed by atoms with Gasteiger partial charge in [-0.3, -0.25) is 14.9 Å². The molecule has 7 nitrogen and oxygen atoms in total. The van der Waals surface area contributed by atoms with E-state index in [1.54, 1.807) is 30.3 Å². The lowest BCUT2D eigenvalue weighted by molar-refractivity contribution is -0.132. The number of imide groups is 1. The van der Waals surface area contributed by atoms with Crippen LogP contribution in [0.25, 0.3) is 0 Å². The van der Waals surface area contributed by atoms with Crippen LogP contribution in [0.5, 0.6) is 11.5 Å². The summed E-state index contributed by atoms with van der Waals surface area (Å²) in [6.07, 6.45) is 1.98. The number of unbranched alkanes of at least 4 members (excludes halogenated alkanes) is 1. The number of amides is 2. The fourth-order valence-corrected chi connectivity index (χ4v) is 2.47. The normalized spacial score (nSPS) is 10.1. The van der Waals surface area contributed by atoms with Gasteiger partial charge in [-0.1, -0.05) is 43.7 Å². The summed E-state index contributed by atoms with van der Waals surface area (Å²) in [6, 6.07) is 13.7. The molecule has 1 N–H and O–H groups in total. The van der Waals surface area contributed by atoms with Crippen molar-refractivity contribution in [3.63, 3.8) is 0 Å². The Morgan fingerprint density at radius 2 is 1.72 bits per heavy atom. The molecule has 0 saturated carbocycles. The highest BCUT2D eigenvalue weighted by Crippen LogP contribution is 2.28. The molecule has 0 aliphatic rings. The SMILES string of the molecule is CCCCOc1ccc(C(=O)OCC(=O)NC(=O)Cc2ccccc2)cc1OC. The van der Waals surface area contributed by atoms with Crippen molar-refractivity contribution in [1.29, 1.82) is 0 Å². The minimum absolute atomic E-state index is 0.0667. The number of methoxy groups -OCH3 is 1. The molecule has 0 aliphatic heterocycles. The lowest BCUT2D eigenvalue weighted by Crippen LogP contribution is -2.35. The van der Waals surface area contributed by atoms with E-state index >= 15 is 0 Å². The predicted molar refractivity (Wildman–Crippen MR) is 107 cm³/mol. The van der Waals surface area contributed by atoms with Gasteiger partial charge in [0.05, 0.1) is 25.7 Å². The number of hydrogen-bond acceptors (Lipinski definition) is 6. The summed E-state index contributed by atoms with van der Waals surface area (Å²) in [7, 11) is 1.48. The number of esters is 1. The van der Waals surface area contributed by atoms with Crippen molar-refractivity contribution < 1.29 is 28.6 Å². The van der Waals surface area contributed by atoms with E-state index in [1.807, 2.05) is 6.07 Å². The second kappa shape index (κ2) is 11.5. The van der Waals surface area contributed by atoms with Crippen molar-refractivity contribution in [3.05, 3.63) is 59.7 Å². The Hall–Kier alpha value is -3.35. The molecule has 2 rings (SSSR count). The summed E-state index contributed by atoms with van der Waals surface area (Å²) in [4.78, 5) is 35.9. The molecule has 0 aromatic heterocycles. The zero-order chi connectivity index (χ0) is 21.1. The van der Waals surface area contributed by atoms with Gasteiger partial charge in [0.1, 0.15) is 0 Å². The van der Waals surface area contributed by atoms with Crippen LogP contribution in [0.4, 0.5) is 0 Å². The van der Waals surface area contributed by atoms with Gasteiger partial charge in [0.15, 0.2) is 18.1 Å². The molecule has 0 saturated heterocycles. The maximum absolute atomic E-state index is 12.2. The van der Waals surface area contributed by atoms with Crippen LogP contribution in [0.2, 0.25) is 0 Å². The van der Waals surface area contributed by atoms with Gasteiger partial charge in [-0.05, 0) is 30.2 Å². The maximum atomic E-state index is 12.2. The summed E-state index contributed by atoms with van der Waals surface area (Å²) in [5.41, 5.74) is 0.997. The largest absolute Gasteiger partial charge is 0.493 e. The molecular weight excluding hydrogens is 374 g/mol. The number of benzene rings is 2. The summed E-state index contributed by atoms with van der Waals surface area (Å²) in [5, 5.41) is 2.20. The first kappa shape index (κ1) is 21.9. The number of carbonyl (C=O) groups is 3. The van der Waals surface area contributed by atoms with Gasteiger partial charge < -0.3 is 14.2 Å². The Labute approximate surface area is 170 Å². The standard InChI is InChI=1S/C22H25NO6/c1-3-4-12-28-18-11-10-17(14-19(18)27-2)22(26)29-15-21(25)23-20(24)13-16-8-6-5-7-9-16/h5-11,14H,3-4,12-13,15H2,1-2H3,(H,23,24,25). The average Bonchev–Trinajstić information content (AvgIpc) is 2.73. The molecule has 0 radical (unpaired) electrons. The van der Waals surface area contributed by atoms with Gasteiger partial charge in [-0.2, -0.15) is 0 Å². The van der Waals surface area contributed by atoms with E-state index in [1.165, 1.54) is 19.2 Å². The fourth-order valence-electron chi connectivity index (χ4n) is 2.47. The van der Waals surface area contributed by atoms with Gasteiger partial charge in [-0.25, -0.2) is 4.79 Å². The zero-order valence-electron chi connectivity index (χ0n) is 16.6. The second-order valence-electron chi connectivity index (χ2n) is 6.28. The van der Waals surface area contributed by atoms with E-state index in [9.17, 15) is 14.4 Å². The van der Waals surface area contributed by atoms with Crippen LogP contribution < -0.4 is 14.8 Å². The van der Waals surface area contributed by atoms with Crippen molar-refractivity contribution in [2.45, 2.75) is 26.2 Å². The summed E-state index contributed by atoms with van der Waals surface area (Å²) < 4.78 is 15.8. The van der Waals surface area contributed by atoms with Crippen LogP contribution in [0.1, 0.15) is 35.7 Å². The molecule has 2 aromatic carbocycles. The lowest BCUT2D eigenvalue weighted by Gasteiger charge is -2.12. The molecule has 0 aliphatic carbocycles. The van der Waals surface area contributed by atoms with E-state index < -0.39 is 24.4 Å². The van der Waals surface area contributed by atoms with Gasteiger partial charge >= 0.3 is 5.97 Å². The summed E-state index contributed by atoms with van der Waals surface area (Å²) in [6.45, 7) is 2.05. The molecule has 2 aromatic rings. The first-order valence-corrected chi connectivity index (χ1v) is 9.38. The smallest absolute Gasteiger partial charge is 0.338 e. The highest BCUT2D eigenvalue weighted by molar-refractivity contribution is 5.98. The van der Waals surface area contributed by atoms with Crippen LogP contribution in [-0.2, 0) is 20.7 Å². The van der Waals surface area contributed by atoms with Crippen LogP contribution >= 0.6 is 0 Å². The highest BCUT2D eigenvalue weighted by atomic mass is 16.5. The van der Waals surface area contributed by atoms with Crippen molar-refractivity contribution >= 4 is 17.8 Å². The fraction of sp³-hybridized carbons (Fsp3) is 0.318. The van der Waals surface area contributed by atoms with Crippen LogP contribution in [0, 0.1) is 0 Å². The topological polar surface area (TPSA) is 90.9 Å². The highest BCUT2D eigenvalue weighted by Gasteiger charge is 2.15. The average molecular weight is 399 g/mol. The van der Waals surface area contributed by atoms with E-state index in [2.05, 4.69) is 12.2 Å². The van der Waals surface area contributed by atoms with E-state index in [0.29, 0.717) is 18.1 Å². The quantitative estimate of drug-likeness (QED) is 0.488. The van der Waals surface area contributed by atoms with Crippen LogP contribution in [-0.4, -0.2) is 38.1 Å². The monoisotopic (exact) mass is 399 g/mol. The van der Waals surface area contributed by atoms with Crippen LogP contribution in [0.15, 0.2) is 48.5 Å². The van der Waals surface area contributed by atoms with Gasteiger partial charge in [0.25, 0.3) is 5.91 Å². The third-order valence-electron chi connectivity index (χ3n) is 3.98. The minimum atomic E-state index is -0.700. The number of nitrogens with one attached hydrogen (secondary N) is 1. The maximum Gasteiger partial charge on any atom is 0.338 e. The molecular formula is C22H25NO6. The van der Waals surface area contributed by atoms with E-state index in [4.69, 9.17) is 14.2 Å². The Kier molecular flexibility index (Phi) is 8.69. The Morgan fingerprint density at radius 1 is 0.966 bits per heavy atom. The number of hydrogen-bond donors (Lipinski definition) is 1. The van der Waals surface area contributed by atoms with E-state index in [-0.39, 0.29) is 12.0 Å². The number of ether oxygens (including phenoxy) is 3. The van der Waals surface area contributed by atoms with E-state index in [0.717, 1.165) is 18.4 Å². The molecule has 7 heteroatoms. The molecule has 0 heterocycles. The Morgan fingerprint density at radius 3 is 2.41 bits per heavy atom. The molecule has 0 fully saturated rings. The first-order valence-electron chi connectivity index (χ1n) is 9.38. The minimum Gasteiger partial charge on any atom is -0.493 e. The third kappa shape index (κ3) is 7.29. The number of carbonyl (C=O) groups excluding carboxylic acids is 3. The Balaban J connectivity index is 1.84. The molecule has 2 amide bonds. The molecule has 0 atom stereocenters. The van der Waals surface area contributed by atoms with Crippen molar-refractivity contribution in [2.75, 3.05) is 20.3 Å². The van der Waals surface area contributed by atoms with Crippen LogP contribution in [0.3, 0.4) is 0 Å². The van der Waals surface area contributed by atoms with Crippen molar-refractivity contribution in [3.8, 4) is 11.5 Å². The summed E-state index contributed by atoms with van der Waals surface area (Å²) in [5.74, 6) is -0.924. The first-order chi connectivity index (χ1) is 14.0. The second-order valence-corrected chi connectivity index (χ2v) is 6.28. The third-order valence-corrected chi connectivity index (χ3v) is 3.98. The molecule has 0 bridgehead atoms. The van der Waals surface area contributed by atoms with Crippen molar-refractivity contribution in [1.82, 2.24) is 5.32 Å². The van der Waals surface area contributed by atoms with Gasteiger partial charge in [0.2, 0.25) is 5.91 Å². The lowest BCUT2D eigenvalue weighted by atomic mass is 10.1. The predicted octanol–water partition coefficient (Wildman–Crippen LogP) is 2.92. The van der Waals surface area contributed by atoms with Crippen molar-refractivity contribution in [2.24, 2.45) is 0 Å². The molecule has 0 spiro atoms. The van der Waals surface area contributed by atoms with Gasteiger partial charge in [0, 0.05) is 0 Å². The zero-order valence-corrected chi connectivity index (χ0v) is 16.6. The number of rotatable bonds is 10. The molecule has 154 valence electrons. The van der Waals surface area contributed by atoms with Gasteiger partial charge in [-0.15, -0.1) is 0 Å². The molecule has 29 heavy (non-hydrogen) atoms. The Bertz CT molecular complexity index is 834. The molecule has 0 unspecified atom stereocenters. The summed E-state index contributed by atoms with van der Waals surface area (Å²) >= 11 is 0.